The number of nitrogens with zero attached hydrogens (tertiary/aromatic N) is 2. The number of amides is 2. The highest BCUT2D eigenvalue weighted by Crippen LogP contribution is 2.43. The number of carbonyl (C=O) groups is 2. The monoisotopic (exact) mass is 648 g/mol. The zero-order chi connectivity index (χ0) is 33.5. The lowest BCUT2D eigenvalue weighted by atomic mass is 9.90. The third-order valence-electron chi connectivity index (χ3n) is 8.60. The smallest absolute Gasteiger partial charge is 0.325 e. The highest BCUT2D eigenvalue weighted by Gasteiger charge is 2.38. The number of aliphatic hydroxyl groups is 1. The molecule has 3 N–H and O–H groups in total. The van der Waals surface area contributed by atoms with E-state index in [1.807, 2.05) is 91.3 Å². The molecule has 10 nitrogen and oxygen atoms in total. The second-order valence-corrected chi connectivity index (χ2v) is 11.9. The molecule has 1 aliphatic heterocycles. The number of ether oxygens (including phenoxy) is 3. The first kappa shape index (κ1) is 32.9. The van der Waals surface area contributed by atoms with Gasteiger partial charge in [-0.1, -0.05) is 79.7 Å². The molecule has 4 atom stereocenters. The molecule has 0 bridgehead atoms. The first-order valence-corrected chi connectivity index (χ1v) is 16.2. The third-order valence-corrected chi connectivity index (χ3v) is 8.60. The number of urea groups is 1. The largest absolute Gasteiger partial charge is 0.465 e. The van der Waals surface area contributed by atoms with Gasteiger partial charge >= 0.3 is 12.0 Å². The van der Waals surface area contributed by atoms with Crippen molar-refractivity contribution < 1.29 is 28.9 Å². The summed E-state index contributed by atoms with van der Waals surface area (Å²) in [7, 11) is 0. The number of aliphatic hydroxyl groups excluding tert-OH is 1. The second-order valence-electron chi connectivity index (χ2n) is 11.9. The fourth-order valence-electron chi connectivity index (χ4n) is 6.01. The van der Waals surface area contributed by atoms with Crippen LogP contribution in [0, 0.1) is 5.92 Å². The Labute approximate surface area is 279 Å². The minimum absolute atomic E-state index is 0.0177. The van der Waals surface area contributed by atoms with E-state index in [0.717, 1.165) is 44.4 Å². The van der Waals surface area contributed by atoms with E-state index in [-0.39, 0.29) is 44.4 Å². The number of carbonyl (C=O) groups excluding carboxylic acids is 2. The van der Waals surface area contributed by atoms with Gasteiger partial charge in [0.25, 0.3) is 0 Å². The summed E-state index contributed by atoms with van der Waals surface area (Å²) in [6.07, 6.45) is 0.806. The summed E-state index contributed by atoms with van der Waals surface area (Å²) in [6.45, 7) is 4.81. The molecule has 2 heterocycles. The van der Waals surface area contributed by atoms with Crippen LogP contribution in [-0.2, 0) is 38.7 Å². The maximum absolute atomic E-state index is 12.2. The summed E-state index contributed by atoms with van der Waals surface area (Å²) in [6, 6.07) is 31.6. The first-order valence-electron chi connectivity index (χ1n) is 16.2. The first-order chi connectivity index (χ1) is 23.4. The molecule has 2 amide bonds. The number of esters is 1. The number of benzene rings is 4. The highest BCUT2D eigenvalue weighted by atomic mass is 16.7. The Bertz CT molecular complexity index is 1860. The molecule has 10 heteroatoms. The molecule has 5 aromatic rings. The van der Waals surface area contributed by atoms with Gasteiger partial charge in [0.05, 0.1) is 49.3 Å². The molecule has 48 heavy (non-hydrogen) atoms. The molecule has 6 rings (SSSR count). The maximum atomic E-state index is 12.2. The number of hydrogen-bond donors (Lipinski definition) is 3. The Morgan fingerprint density at radius 1 is 0.875 bits per heavy atom. The Hall–Kier alpha value is -5.03. The van der Waals surface area contributed by atoms with Crippen molar-refractivity contribution in [2.75, 3.05) is 13.2 Å². The number of para-hydroxylation sites is 2. The molecule has 0 radical (unpaired) electrons. The van der Waals surface area contributed by atoms with Crippen LogP contribution in [0.15, 0.2) is 103 Å². The Morgan fingerprint density at radius 3 is 2.44 bits per heavy atom. The molecule has 248 valence electrons. The molecule has 1 aromatic heterocycles. The van der Waals surface area contributed by atoms with Gasteiger partial charge in [-0.3, -0.25) is 4.79 Å². The lowest BCUT2D eigenvalue weighted by molar-refractivity contribution is -0.276. The van der Waals surface area contributed by atoms with Gasteiger partial charge in [0.15, 0.2) is 6.29 Å². The number of nitrogens with one attached hydrogen (secondary N) is 2. The molecule has 0 unspecified atom stereocenters. The van der Waals surface area contributed by atoms with E-state index in [1.165, 1.54) is 0 Å². The van der Waals surface area contributed by atoms with Gasteiger partial charge in [-0.15, -0.1) is 0 Å². The fourth-order valence-corrected chi connectivity index (χ4v) is 6.01. The van der Waals surface area contributed by atoms with Crippen molar-refractivity contribution in [3.8, 4) is 11.1 Å². The highest BCUT2D eigenvalue weighted by molar-refractivity contribution is 5.80. The van der Waals surface area contributed by atoms with E-state index in [0.29, 0.717) is 6.54 Å². The molecule has 1 saturated heterocycles. The van der Waals surface area contributed by atoms with Crippen molar-refractivity contribution in [2.45, 2.75) is 52.0 Å². The second kappa shape index (κ2) is 15.2. The predicted octanol–water partition coefficient (Wildman–Crippen LogP) is 6.05. The number of fused-ring (bicyclic) bond motifs is 1. The van der Waals surface area contributed by atoms with Gasteiger partial charge in [0.1, 0.15) is 6.54 Å². The van der Waals surface area contributed by atoms with Crippen molar-refractivity contribution in [3.05, 3.63) is 126 Å². The number of rotatable bonds is 11. The zero-order valence-corrected chi connectivity index (χ0v) is 27.0. The summed E-state index contributed by atoms with van der Waals surface area (Å²) in [5.41, 5.74) is 7.61. The van der Waals surface area contributed by atoms with E-state index in [4.69, 9.17) is 14.2 Å². The normalized spacial score (nSPS) is 19.1. The Morgan fingerprint density at radius 2 is 1.65 bits per heavy atom. The lowest BCUT2D eigenvalue weighted by Crippen LogP contribution is -2.39. The van der Waals surface area contributed by atoms with Gasteiger partial charge in [-0.2, -0.15) is 0 Å². The van der Waals surface area contributed by atoms with Gasteiger partial charge < -0.3 is 34.5 Å². The standard InChI is InChI=1S/C38H40N4O6/c1-3-46-35(44)21-40-38(45)39-20-27-8-6-9-29(18-27)30-10-7-11-31(19-30)37-47-34(22-42-24-41-32-12-4-5-13-33(32)42)25(2)36(48-37)28-16-14-26(23-43)15-17-28/h4-19,24-25,34,36-37,43H,3,20-23H2,1-2H3,(H2,39,40,45)/t25-,34+,36+,37+/m0/s1. The summed E-state index contributed by atoms with van der Waals surface area (Å²) >= 11 is 0. The van der Waals surface area contributed by atoms with Gasteiger partial charge in [0, 0.05) is 18.0 Å². The van der Waals surface area contributed by atoms with Gasteiger partial charge in [0.2, 0.25) is 0 Å². The lowest BCUT2D eigenvalue weighted by Gasteiger charge is -2.41. The number of imidazole rings is 1. The van der Waals surface area contributed by atoms with E-state index >= 15 is 0 Å². The van der Waals surface area contributed by atoms with Crippen LogP contribution >= 0.6 is 0 Å². The van der Waals surface area contributed by atoms with Crippen molar-refractivity contribution in [3.63, 3.8) is 0 Å². The van der Waals surface area contributed by atoms with Crippen LogP contribution in [0.1, 0.15) is 48.5 Å². The van der Waals surface area contributed by atoms with E-state index in [1.54, 1.807) is 6.92 Å². The van der Waals surface area contributed by atoms with Crippen LogP contribution in [0.4, 0.5) is 4.79 Å². The van der Waals surface area contributed by atoms with Crippen molar-refractivity contribution in [1.82, 2.24) is 20.2 Å². The van der Waals surface area contributed by atoms with Crippen molar-refractivity contribution >= 4 is 23.0 Å². The quantitative estimate of drug-likeness (QED) is 0.149. The molecule has 0 spiro atoms. The molecule has 0 saturated carbocycles. The van der Waals surface area contributed by atoms with Crippen LogP contribution in [0.25, 0.3) is 22.2 Å². The number of aromatic nitrogens is 2. The SMILES string of the molecule is CCOC(=O)CNC(=O)NCc1cccc(-c2cccc([C@@H]3O[C@H](Cn4cnc5ccccc54)[C@H](C)[C@H](c4ccc(CO)cc4)O3)c2)c1. The predicted molar refractivity (Wildman–Crippen MR) is 181 cm³/mol. The maximum Gasteiger partial charge on any atom is 0.325 e. The topological polar surface area (TPSA) is 124 Å². The third kappa shape index (κ3) is 7.74. The van der Waals surface area contributed by atoms with E-state index < -0.39 is 18.3 Å². The average molecular weight is 649 g/mol. The van der Waals surface area contributed by atoms with Crippen LogP contribution in [0.3, 0.4) is 0 Å². The van der Waals surface area contributed by atoms with Crippen molar-refractivity contribution in [2.24, 2.45) is 5.92 Å². The van der Waals surface area contributed by atoms with Crippen LogP contribution in [0.2, 0.25) is 0 Å². The van der Waals surface area contributed by atoms with Crippen LogP contribution in [0.5, 0.6) is 0 Å². The minimum Gasteiger partial charge on any atom is -0.465 e. The fraction of sp³-hybridized carbons (Fsp3) is 0.289. The summed E-state index contributed by atoms with van der Waals surface area (Å²) in [4.78, 5) is 28.3. The number of hydrogen-bond acceptors (Lipinski definition) is 7. The molecule has 4 aromatic carbocycles. The molecular formula is C38H40N4O6. The molecule has 1 aliphatic rings. The molecular weight excluding hydrogens is 608 g/mol. The summed E-state index contributed by atoms with van der Waals surface area (Å²) in [5.74, 6) is -0.466. The van der Waals surface area contributed by atoms with Crippen molar-refractivity contribution in [1.29, 1.82) is 0 Å². The summed E-state index contributed by atoms with van der Waals surface area (Å²) < 4.78 is 20.4. The Kier molecular flexibility index (Phi) is 10.4. The Balaban J connectivity index is 1.22. The van der Waals surface area contributed by atoms with E-state index in [2.05, 4.69) is 39.2 Å². The minimum atomic E-state index is -0.628. The van der Waals surface area contributed by atoms with E-state index in [9.17, 15) is 14.7 Å². The molecule has 1 fully saturated rings. The zero-order valence-electron chi connectivity index (χ0n) is 27.0. The molecule has 0 aliphatic carbocycles. The van der Waals surface area contributed by atoms with Crippen LogP contribution < -0.4 is 10.6 Å². The van der Waals surface area contributed by atoms with Gasteiger partial charge in [-0.05, 0) is 59.0 Å². The summed E-state index contributed by atoms with van der Waals surface area (Å²) in [5, 5.41) is 14.9. The van der Waals surface area contributed by atoms with Crippen LogP contribution in [-0.4, -0.2) is 45.9 Å². The van der Waals surface area contributed by atoms with Gasteiger partial charge in [-0.25, -0.2) is 9.78 Å². The average Bonchev–Trinajstić information content (AvgIpc) is 3.53.